The summed E-state index contributed by atoms with van der Waals surface area (Å²) in [7, 11) is 0. The van der Waals surface area contributed by atoms with Gasteiger partial charge >= 0.3 is 0 Å². The van der Waals surface area contributed by atoms with Gasteiger partial charge in [0.2, 0.25) is 5.91 Å². The van der Waals surface area contributed by atoms with Crippen molar-refractivity contribution >= 4 is 5.91 Å². The largest absolute Gasteiger partial charge is 0.391 e. The quantitative estimate of drug-likeness (QED) is 0.658. The molecule has 1 aliphatic heterocycles. The summed E-state index contributed by atoms with van der Waals surface area (Å²) in [5.74, 6) is 0.0883. The Morgan fingerprint density at radius 3 is 2.75 bits per heavy atom. The highest BCUT2D eigenvalue weighted by atomic mass is 16.3. The Morgan fingerprint density at radius 1 is 1.25 bits per heavy atom. The van der Waals surface area contributed by atoms with Crippen molar-refractivity contribution in [3.8, 4) is 0 Å². The molecule has 1 aliphatic carbocycles. The minimum absolute atomic E-state index is 0.0114. The molecule has 0 aromatic carbocycles. The molecule has 4 heteroatoms. The average molecular weight is 226 g/mol. The van der Waals surface area contributed by atoms with E-state index < -0.39 is 0 Å². The van der Waals surface area contributed by atoms with Gasteiger partial charge in [0.1, 0.15) is 0 Å². The lowest BCUT2D eigenvalue weighted by molar-refractivity contribution is -0.123. The molecule has 3 N–H and O–H groups in total. The molecule has 2 fully saturated rings. The number of carbonyl (C=O) groups excluding carboxylic acids is 1. The van der Waals surface area contributed by atoms with E-state index in [-0.39, 0.29) is 18.1 Å². The number of hydrogen-bond acceptors (Lipinski definition) is 3. The number of rotatable bonds is 3. The Bertz CT molecular complexity index is 239. The topological polar surface area (TPSA) is 61.4 Å². The summed E-state index contributed by atoms with van der Waals surface area (Å²) in [6, 6.07) is 0.336. The minimum Gasteiger partial charge on any atom is -0.391 e. The summed E-state index contributed by atoms with van der Waals surface area (Å²) in [5.41, 5.74) is 0. The highest BCUT2D eigenvalue weighted by molar-refractivity contribution is 5.77. The van der Waals surface area contributed by atoms with Gasteiger partial charge in [-0.25, -0.2) is 0 Å². The third-order valence-electron chi connectivity index (χ3n) is 3.67. The predicted octanol–water partition coefficient (Wildman–Crippen LogP) is 0.548. The van der Waals surface area contributed by atoms with Crippen LogP contribution in [0.1, 0.15) is 44.9 Å². The molecule has 2 aliphatic rings. The molecule has 1 saturated heterocycles. The van der Waals surface area contributed by atoms with Gasteiger partial charge in [0.05, 0.1) is 12.1 Å². The summed E-state index contributed by atoms with van der Waals surface area (Å²) in [5, 5.41) is 16.0. The van der Waals surface area contributed by atoms with Crippen molar-refractivity contribution in [2.45, 2.75) is 63.1 Å². The van der Waals surface area contributed by atoms with E-state index in [1.807, 2.05) is 0 Å². The van der Waals surface area contributed by atoms with Gasteiger partial charge in [-0.1, -0.05) is 12.8 Å². The monoisotopic (exact) mass is 226 g/mol. The van der Waals surface area contributed by atoms with E-state index in [2.05, 4.69) is 10.6 Å². The first kappa shape index (κ1) is 11.9. The number of amides is 1. The molecular formula is C12H22N2O2. The number of carbonyl (C=O) groups is 1. The summed E-state index contributed by atoms with van der Waals surface area (Å²) in [6.45, 7) is 1.03. The van der Waals surface area contributed by atoms with Gasteiger partial charge in [0.25, 0.3) is 0 Å². The second kappa shape index (κ2) is 5.64. The van der Waals surface area contributed by atoms with Crippen molar-refractivity contribution in [3.05, 3.63) is 0 Å². The fourth-order valence-corrected chi connectivity index (χ4v) is 2.70. The van der Waals surface area contributed by atoms with Crippen LogP contribution in [-0.2, 0) is 4.79 Å². The highest BCUT2D eigenvalue weighted by Crippen LogP contribution is 2.18. The van der Waals surface area contributed by atoms with E-state index in [1.54, 1.807) is 0 Å². The van der Waals surface area contributed by atoms with Crippen LogP contribution >= 0.6 is 0 Å². The summed E-state index contributed by atoms with van der Waals surface area (Å²) in [4.78, 5) is 11.8. The van der Waals surface area contributed by atoms with Gasteiger partial charge in [-0.3, -0.25) is 4.79 Å². The van der Waals surface area contributed by atoms with Crippen LogP contribution in [0.3, 0.4) is 0 Å². The second-order valence-electron chi connectivity index (χ2n) is 5.02. The van der Waals surface area contributed by atoms with E-state index in [4.69, 9.17) is 0 Å². The van der Waals surface area contributed by atoms with Gasteiger partial charge in [-0.05, 0) is 32.2 Å². The Kier molecular flexibility index (Phi) is 4.18. The molecule has 0 spiro atoms. The Morgan fingerprint density at radius 2 is 2.06 bits per heavy atom. The lowest BCUT2D eigenvalue weighted by Gasteiger charge is -2.28. The molecule has 0 radical (unpaired) electrons. The van der Waals surface area contributed by atoms with Crippen molar-refractivity contribution in [2.75, 3.05) is 6.54 Å². The summed E-state index contributed by atoms with van der Waals surface area (Å²) < 4.78 is 0. The molecular weight excluding hydrogens is 204 g/mol. The van der Waals surface area contributed by atoms with Crippen LogP contribution in [0.5, 0.6) is 0 Å². The fraction of sp³-hybridized carbons (Fsp3) is 0.917. The molecule has 1 unspecified atom stereocenters. The molecule has 0 bridgehead atoms. The first-order chi connectivity index (χ1) is 7.75. The van der Waals surface area contributed by atoms with E-state index >= 15 is 0 Å². The molecule has 16 heavy (non-hydrogen) atoms. The zero-order valence-electron chi connectivity index (χ0n) is 9.74. The Hall–Kier alpha value is -0.610. The molecule has 92 valence electrons. The highest BCUT2D eigenvalue weighted by Gasteiger charge is 2.25. The average Bonchev–Trinajstić information content (AvgIpc) is 2.74. The molecule has 0 aromatic rings. The molecule has 4 nitrogen and oxygen atoms in total. The molecule has 1 saturated carbocycles. The molecule has 1 amide bonds. The zero-order valence-corrected chi connectivity index (χ0v) is 9.74. The van der Waals surface area contributed by atoms with Gasteiger partial charge in [0.15, 0.2) is 0 Å². The summed E-state index contributed by atoms with van der Waals surface area (Å²) >= 11 is 0. The third kappa shape index (κ3) is 3.19. The normalized spacial score (nSPS) is 34.9. The standard InChI is InChI=1S/C12H22N2O2/c15-11-6-2-1-5-10(11)14-12(16)8-9-4-3-7-13-9/h9-11,13,15H,1-8H2,(H,14,16)/t9?,10-,11-/m0/s1. The Labute approximate surface area is 96.8 Å². The number of nitrogens with one attached hydrogen (secondary N) is 2. The van der Waals surface area contributed by atoms with E-state index in [0.717, 1.165) is 38.6 Å². The first-order valence-corrected chi connectivity index (χ1v) is 6.46. The smallest absolute Gasteiger partial charge is 0.221 e. The maximum atomic E-state index is 11.8. The minimum atomic E-state index is -0.339. The van der Waals surface area contributed by atoms with Crippen molar-refractivity contribution < 1.29 is 9.90 Å². The number of aliphatic hydroxyl groups excluding tert-OH is 1. The van der Waals surface area contributed by atoms with E-state index in [9.17, 15) is 9.90 Å². The van der Waals surface area contributed by atoms with Gasteiger partial charge in [-0.15, -0.1) is 0 Å². The van der Waals surface area contributed by atoms with Crippen LogP contribution in [-0.4, -0.2) is 35.7 Å². The maximum Gasteiger partial charge on any atom is 0.221 e. The van der Waals surface area contributed by atoms with E-state index in [1.165, 1.54) is 6.42 Å². The molecule has 3 atom stereocenters. The first-order valence-electron chi connectivity index (χ1n) is 6.46. The third-order valence-corrected chi connectivity index (χ3v) is 3.67. The lowest BCUT2D eigenvalue weighted by Crippen LogP contribution is -2.46. The van der Waals surface area contributed by atoms with Crippen molar-refractivity contribution in [2.24, 2.45) is 0 Å². The number of hydrogen-bond donors (Lipinski definition) is 3. The SMILES string of the molecule is O=C(CC1CCCN1)N[C@H]1CCCC[C@@H]1O. The van der Waals surface area contributed by atoms with Crippen LogP contribution in [0.4, 0.5) is 0 Å². The van der Waals surface area contributed by atoms with Crippen LogP contribution < -0.4 is 10.6 Å². The zero-order chi connectivity index (χ0) is 11.4. The van der Waals surface area contributed by atoms with Gasteiger partial charge in [-0.2, -0.15) is 0 Å². The van der Waals surface area contributed by atoms with Crippen molar-refractivity contribution in [1.29, 1.82) is 0 Å². The van der Waals surface area contributed by atoms with Crippen molar-refractivity contribution in [3.63, 3.8) is 0 Å². The van der Waals surface area contributed by atoms with Gasteiger partial charge < -0.3 is 15.7 Å². The fourth-order valence-electron chi connectivity index (χ4n) is 2.70. The summed E-state index contributed by atoms with van der Waals surface area (Å²) in [6.07, 6.45) is 6.43. The predicted molar refractivity (Wildman–Crippen MR) is 62.0 cm³/mol. The molecule has 0 aromatic heterocycles. The molecule has 1 heterocycles. The van der Waals surface area contributed by atoms with Crippen LogP contribution in [0.25, 0.3) is 0 Å². The van der Waals surface area contributed by atoms with Gasteiger partial charge in [0, 0.05) is 12.5 Å². The number of aliphatic hydroxyl groups is 1. The lowest BCUT2D eigenvalue weighted by atomic mass is 9.92. The second-order valence-corrected chi connectivity index (χ2v) is 5.02. The Balaban J connectivity index is 1.72. The van der Waals surface area contributed by atoms with Crippen LogP contribution in [0, 0.1) is 0 Å². The van der Waals surface area contributed by atoms with Crippen LogP contribution in [0.15, 0.2) is 0 Å². The van der Waals surface area contributed by atoms with E-state index in [0.29, 0.717) is 12.5 Å². The maximum absolute atomic E-state index is 11.8. The van der Waals surface area contributed by atoms with Crippen molar-refractivity contribution in [1.82, 2.24) is 10.6 Å². The molecule has 2 rings (SSSR count). The van der Waals surface area contributed by atoms with Crippen LogP contribution in [0.2, 0.25) is 0 Å².